The van der Waals surface area contributed by atoms with E-state index >= 15 is 0 Å². The van der Waals surface area contributed by atoms with Gasteiger partial charge in [-0.05, 0) is 24.7 Å². The van der Waals surface area contributed by atoms with Crippen molar-refractivity contribution in [3.63, 3.8) is 0 Å². The van der Waals surface area contributed by atoms with Crippen molar-refractivity contribution in [3.05, 3.63) is 0 Å². The van der Waals surface area contributed by atoms with Gasteiger partial charge in [-0.25, -0.2) is 0 Å². The van der Waals surface area contributed by atoms with Gasteiger partial charge in [-0.15, -0.1) is 0 Å². The second kappa shape index (κ2) is 5.80. The third-order valence-electron chi connectivity index (χ3n) is 4.09. The fourth-order valence-electron chi connectivity index (χ4n) is 2.22. The number of thiocarbonyl (C=S) groups is 1. The predicted molar refractivity (Wildman–Crippen MR) is 74.7 cm³/mol. The number of nitrogens with two attached hydrogens (primary N) is 1. The second-order valence-electron chi connectivity index (χ2n) is 5.58. The molecule has 3 N–H and O–H groups in total. The molecule has 17 heavy (non-hydrogen) atoms. The van der Waals surface area contributed by atoms with Gasteiger partial charge >= 0.3 is 0 Å². The average molecular weight is 256 g/mol. The van der Waals surface area contributed by atoms with Gasteiger partial charge in [0, 0.05) is 6.54 Å². The minimum atomic E-state index is -0.563. The first kappa shape index (κ1) is 14.4. The van der Waals surface area contributed by atoms with E-state index in [2.05, 4.69) is 26.1 Å². The van der Waals surface area contributed by atoms with Gasteiger partial charge < -0.3 is 11.1 Å². The molecule has 1 fully saturated rings. The molecule has 0 aliphatic heterocycles. The Balaban J connectivity index is 2.59. The van der Waals surface area contributed by atoms with Crippen LogP contribution >= 0.6 is 12.2 Å². The summed E-state index contributed by atoms with van der Waals surface area (Å²) in [5.41, 5.74) is 5.21. The molecule has 0 aromatic rings. The van der Waals surface area contributed by atoms with Crippen molar-refractivity contribution in [1.29, 1.82) is 0 Å². The fourth-order valence-corrected chi connectivity index (χ4v) is 2.52. The van der Waals surface area contributed by atoms with Gasteiger partial charge in [-0.3, -0.25) is 4.79 Å². The number of rotatable bonds is 5. The molecule has 1 amide bonds. The highest BCUT2D eigenvalue weighted by atomic mass is 32.1. The van der Waals surface area contributed by atoms with Crippen LogP contribution in [0.5, 0.6) is 0 Å². The molecule has 0 aromatic carbocycles. The van der Waals surface area contributed by atoms with Crippen molar-refractivity contribution < 1.29 is 4.79 Å². The van der Waals surface area contributed by atoms with E-state index in [4.69, 9.17) is 18.0 Å². The van der Waals surface area contributed by atoms with Crippen LogP contribution in [-0.4, -0.2) is 17.4 Å². The van der Waals surface area contributed by atoms with Gasteiger partial charge in [-0.2, -0.15) is 0 Å². The lowest BCUT2D eigenvalue weighted by molar-refractivity contribution is -0.127. The molecule has 1 saturated carbocycles. The van der Waals surface area contributed by atoms with E-state index in [9.17, 15) is 4.79 Å². The van der Waals surface area contributed by atoms with Gasteiger partial charge in [0.15, 0.2) is 0 Å². The van der Waals surface area contributed by atoms with Crippen LogP contribution in [0.15, 0.2) is 0 Å². The number of nitrogens with one attached hydrogen (secondary N) is 1. The highest BCUT2D eigenvalue weighted by molar-refractivity contribution is 7.80. The van der Waals surface area contributed by atoms with E-state index in [1.165, 1.54) is 0 Å². The number of hydrogen-bond acceptors (Lipinski definition) is 2. The third kappa shape index (κ3) is 3.18. The van der Waals surface area contributed by atoms with Crippen LogP contribution < -0.4 is 11.1 Å². The monoisotopic (exact) mass is 256 g/mol. The van der Waals surface area contributed by atoms with Crippen molar-refractivity contribution >= 4 is 23.1 Å². The van der Waals surface area contributed by atoms with E-state index < -0.39 is 5.41 Å². The lowest BCUT2D eigenvalue weighted by Crippen LogP contribution is -2.48. The number of carbonyl (C=O) groups is 1. The lowest BCUT2D eigenvalue weighted by Gasteiger charge is -2.27. The Morgan fingerprint density at radius 2 is 1.88 bits per heavy atom. The van der Waals surface area contributed by atoms with Gasteiger partial charge in [0.25, 0.3) is 0 Å². The Bertz CT molecular complexity index is 296. The van der Waals surface area contributed by atoms with Crippen LogP contribution in [0, 0.1) is 17.3 Å². The van der Waals surface area contributed by atoms with Crippen LogP contribution in [0.4, 0.5) is 0 Å². The smallest absolute Gasteiger partial charge is 0.233 e. The van der Waals surface area contributed by atoms with Gasteiger partial charge in [0.05, 0.1) is 10.4 Å². The predicted octanol–water partition coefficient (Wildman–Crippen LogP) is 2.24. The highest BCUT2D eigenvalue weighted by Crippen LogP contribution is 2.38. The molecule has 0 bridgehead atoms. The molecule has 0 aromatic heterocycles. The van der Waals surface area contributed by atoms with E-state index in [1.54, 1.807) is 0 Å². The maximum Gasteiger partial charge on any atom is 0.233 e. The molecule has 0 saturated heterocycles. The molecule has 1 aliphatic carbocycles. The molecule has 4 heteroatoms. The number of amides is 1. The van der Waals surface area contributed by atoms with Crippen molar-refractivity contribution in [1.82, 2.24) is 5.32 Å². The summed E-state index contributed by atoms with van der Waals surface area (Å²) in [4.78, 5) is 12.6. The maximum atomic E-state index is 12.3. The molecular formula is C13H24N2OS. The summed E-state index contributed by atoms with van der Waals surface area (Å²) in [7, 11) is 0. The summed E-state index contributed by atoms with van der Waals surface area (Å²) in [6, 6.07) is 0. The minimum absolute atomic E-state index is 0.0370. The van der Waals surface area contributed by atoms with Crippen molar-refractivity contribution in [3.8, 4) is 0 Å². The lowest BCUT2D eigenvalue weighted by atomic mass is 9.84. The van der Waals surface area contributed by atoms with Crippen molar-refractivity contribution in [2.24, 2.45) is 23.0 Å². The zero-order valence-electron chi connectivity index (χ0n) is 11.1. The first-order chi connectivity index (χ1) is 7.90. The van der Waals surface area contributed by atoms with Crippen LogP contribution in [0.25, 0.3) is 0 Å². The first-order valence-corrected chi connectivity index (χ1v) is 6.89. The van der Waals surface area contributed by atoms with E-state index in [0.29, 0.717) is 23.4 Å². The van der Waals surface area contributed by atoms with Crippen LogP contribution in [0.2, 0.25) is 0 Å². The molecule has 0 radical (unpaired) electrons. The first-order valence-electron chi connectivity index (χ1n) is 6.48. The summed E-state index contributed by atoms with van der Waals surface area (Å²) >= 11 is 5.09. The Morgan fingerprint density at radius 3 is 2.29 bits per heavy atom. The SMILES string of the molecule is CC(C)C(C)CNC(=O)C1(C(N)=S)CCCC1. The zero-order valence-corrected chi connectivity index (χ0v) is 11.9. The summed E-state index contributed by atoms with van der Waals surface area (Å²) in [6.45, 7) is 7.18. The molecule has 0 heterocycles. The van der Waals surface area contributed by atoms with Crippen molar-refractivity contribution in [2.75, 3.05) is 6.54 Å². The van der Waals surface area contributed by atoms with Crippen LogP contribution in [-0.2, 0) is 4.79 Å². The number of carbonyl (C=O) groups excluding carboxylic acids is 1. The highest BCUT2D eigenvalue weighted by Gasteiger charge is 2.43. The Labute approximate surface area is 110 Å². The normalized spacial score (nSPS) is 20.2. The Morgan fingerprint density at radius 1 is 1.35 bits per heavy atom. The quantitative estimate of drug-likeness (QED) is 0.742. The molecule has 0 spiro atoms. The topological polar surface area (TPSA) is 55.1 Å². The zero-order chi connectivity index (χ0) is 13.1. The summed E-state index contributed by atoms with van der Waals surface area (Å²) < 4.78 is 0. The Kier molecular flexibility index (Phi) is 4.92. The molecule has 1 atom stereocenters. The second-order valence-corrected chi connectivity index (χ2v) is 6.02. The average Bonchev–Trinajstić information content (AvgIpc) is 2.75. The molecule has 1 aliphatic rings. The Hall–Kier alpha value is -0.640. The molecule has 1 unspecified atom stereocenters. The van der Waals surface area contributed by atoms with Gasteiger partial charge in [-0.1, -0.05) is 45.8 Å². The van der Waals surface area contributed by atoms with E-state index in [0.717, 1.165) is 25.7 Å². The van der Waals surface area contributed by atoms with Gasteiger partial charge in [0.2, 0.25) is 5.91 Å². The van der Waals surface area contributed by atoms with E-state index in [-0.39, 0.29) is 5.91 Å². The minimum Gasteiger partial charge on any atom is -0.392 e. The summed E-state index contributed by atoms with van der Waals surface area (Å²) in [5, 5.41) is 3.02. The molecule has 3 nitrogen and oxygen atoms in total. The molecular weight excluding hydrogens is 232 g/mol. The maximum absolute atomic E-state index is 12.3. The third-order valence-corrected chi connectivity index (χ3v) is 4.48. The summed E-state index contributed by atoms with van der Waals surface area (Å²) in [5.74, 6) is 1.08. The van der Waals surface area contributed by atoms with Crippen LogP contribution in [0.1, 0.15) is 46.5 Å². The number of hydrogen-bond donors (Lipinski definition) is 2. The fraction of sp³-hybridized carbons (Fsp3) is 0.846. The molecule has 98 valence electrons. The molecule has 1 rings (SSSR count). The van der Waals surface area contributed by atoms with Crippen LogP contribution in [0.3, 0.4) is 0 Å². The van der Waals surface area contributed by atoms with Crippen molar-refractivity contribution in [2.45, 2.75) is 46.5 Å². The van der Waals surface area contributed by atoms with Gasteiger partial charge in [0.1, 0.15) is 0 Å². The largest absolute Gasteiger partial charge is 0.392 e. The van der Waals surface area contributed by atoms with E-state index in [1.807, 2.05) is 0 Å². The summed E-state index contributed by atoms with van der Waals surface area (Å²) in [6.07, 6.45) is 3.71. The standard InChI is InChI=1S/C13H24N2OS/c1-9(2)10(3)8-15-12(16)13(11(14)17)6-4-5-7-13/h9-10H,4-8H2,1-3H3,(H2,14,17)(H,15,16).